The Bertz CT molecular complexity index is 658. The Balaban J connectivity index is 2.16. The highest BCUT2D eigenvalue weighted by Crippen LogP contribution is 2.49. The fourth-order valence-corrected chi connectivity index (χ4v) is 3.47. The summed E-state index contributed by atoms with van der Waals surface area (Å²) < 4.78 is 5.98. The van der Waals surface area contributed by atoms with Crippen LogP contribution in [0.5, 0.6) is 5.75 Å². The summed E-state index contributed by atoms with van der Waals surface area (Å²) >= 11 is 0. The van der Waals surface area contributed by atoms with Crippen LogP contribution >= 0.6 is 0 Å². The number of hydrogen-bond donors (Lipinski definition) is 1. The molecule has 2 aliphatic rings. The molecule has 0 radical (unpaired) electrons. The maximum atomic E-state index is 13.0. The van der Waals surface area contributed by atoms with Gasteiger partial charge in [-0.25, -0.2) is 0 Å². The summed E-state index contributed by atoms with van der Waals surface area (Å²) in [5.41, 5.74) is 0.332. The van der Waals surface area contributed by atoms with Crippen LogP contribution < -0.4 is 4.74 Å². The molecule has 0 spiro atoms. The largest absolute Gasteiger partial charge is 0.487 e. The summed E-state index contributed by atoms with van der Waals surface area (Å²) in [7, 11) is 0. The minimum Gasteiger partial charge on any atom is -0.487 e. The maximum Gasteiger partial charge on any atom is 0.191 e. The Morgan fingerprint density at radius 1 is 1.48 bits per heavy atom. The first-order valence-corrected chi connectivity index (χ1v) is 7.13. The van der Waals surface area contributed by atoms with Gasteiger partial charge in [0.2, 0.25) is 0 Å². The van der Waals surface area contributed by atoms with Crippen molar-refractivity contribution in [2.75, 3.05) is 6.61 Å². The molecule has 108 valence electrons. The number of rotatable bonds is 2. The standard InChI is InChI=1S/C17H17NO3/c1-11-8-12(6-7-19)17(10-18)15(9-11)21-14-5-3-2-4-13(14)16(17)20/h2-5,8,12,15,19H,6-7,9H2,1H3/t12-,15-,17+/m0/s1. The van der Waals surface area contributed by atoms with Crippen LogP contribution in [0.1, 0.15) is 30.1 Å². The monoisotopic (exact) mass is 283 g/mol. The van der Waals surface area contributed by atoms with Crippen molar-refractivity contribution in [3.8, 4) is 11.8 Å². The van der Waals surface area contributed by atoms with Gasteiger partial charge in [-0.3, -0.25) is 4.79 Å². The molecule has 0 fully saturated rings. The van der Waals surface area contributed by atoms with Gasteiger partial charge in [0, 0.05) is 18.9 Å². The van der Waals surface area contributed by atoms with E-state index in [-0.39, 0.29) is 18.3 Å². The molecule has 1 aliphatic carbocycles. The molecule has 1 aromatic rings. The van der Waals surface area contributed by atoms with Crippen molar-refractivity contribution in [1.82, 2.24) is 0 Å². The average Bonchev–Trinajstić information content (AvgIpc) is 2.48. The SMILES string of the molecule is CC1=C[C@H](CCO)[C@@]2(C#N)C(=O)c3ccccc3O[C@H]2C1. The highest BCUT2D eigenvalue weighted by atomic mass is 16.5. The zero-order valence-electron chi connectivity index (χ0n) is 11.9. The van der Waals surface area contributed by atoms with Gasteiger partial charge in [-0.15, -0.1) is 0 Å². The molecule has 1 N–H and O–H groups in total. The number of para-hydroxylation sites is 1. The summed E-state index contributed by atoms with van der Waals surface area (Å²) in [6.07, 6.45) is 2.42. The second kappa shape index (κ2) is 5.01. The lowest BCUT2D eigenvalue weighted by atomic mass is 9.61. The molecule has 0 saturated heterocycles. The highest BCUT2D eigenvalue weighted by Gasteiger charge is 2.57. The van der Waals surface area contributed by atoms with Gasteiger partial charge in [0.15, 0.2) is 11.2 Å². The molecule has 1 aliphatic heterocycles. The molecule has 21 heavy (non-hydrogen) atoms. The molecule has 3 rings (SSSR count). The molecule has 1 aromatic carbocycles. The van der Waals surface area contributed by atoms with Crippen molar-refractivity contribution in [3.05, 3.63) is 41.5 Å². The first-order valence-electron chi connectivity index (χ1n) is 7.13. The number of nitriles is 1. The minimum atomic E-state index is -1.23. The quantitative estimate of drug-likeness (QED) is 0.846. The van der Waals surface area contributed by atoms with Crippen LogP contribution in [-0.2, 0) is 0 Å². The van der Waals surface area contributed by atoms with Gasteiger partial charge in [0.25, 0.3) is 0 Å². The molecule has 0 amide bonds. The summed E-state index contributed by atoms with van der Waals surface area (Å²) in [6, 6.07) is 9.30. The van der Waals surface area contributed by atoms with Crippen LogP contribution in [-0.4, -0.2) is 23.6 Å². The lowest BCUT2D eigenvalue weighted by Gasteiger charge is -2.45. The van der Waals surface area contributed by atoms with Gasteiger partial charge in [-0.05, 0) is 25.5 Å². The second-order valence-electron chi connectivity index (χ2n) is 5.75. The second-order valence-corrected chi connectivity index (χ2v) is 5.75. The third-order valence-corrected chi connectivity index (χ3v) is 4.49. The molecule has 0 aromatic heterocycles. The van der Waals surface area contributed by atoms with Crippen molar-refractivity contribution in [2.24, 2.45) is 11.3 Å². The fourth-order valence-electron chi connectivity index (χ4n) is 3.47. The van der Waals surface area contributed by atoms with Gasteiger partial charge in [-0.1, -0.05) is 23.8 Å². The predicted molar refractivity (Wildman–Crippen MR) is 76.8 cm³/mol. The van der Waals surface area contributed by atoms with Crippen LogP contribution in [0.25, 0.3) is 0 Å². The Kier molecular flexibility index (Phi) is 3.30. The Hall–Kier alpha value is -2.12. The number of carbonyl (C=O) groups excluding carboxylic acids is 1. The summed E-state index contributed by atoms with van der Waals surface area (Å²) in [5, 5.41) is 19.1. The molecule has 0 saturated carbocycles. The van der Waals surface area contributed by atoms with E-state index in [1.807, 2.05) is 19.1 Å². The van der Waals surface area contributed by atoms with Crippen molar-refractivity contribution < 1.29 is 14.6 Å². The first-order chi connectivity index (χ1) is 10.1. The Morgan fingerprint density at radius 3 is 2.95 bits per heavy atom. The lowest BCUT2D eigenvalue weighted by Crippen LogP contribution is -2.54. The summed E-state index contributed by atoms with van der Waals surface area (Å²) in [6.45, 7) is 1.92. The van der Waals surface area contributed by atoms with E-state index in [0.717, 1.165) is 5.57 Å². The molecule has 4 nitrogen and oxygen atoms in total. The smallest absolute Gasteiger partial charge is 0.191 e. The van der Waals surface area contributed by atoms with Gasteiger partial charge < -0.3 is 9.84 Å². The number of Topliss-reactive ketones (excluding diaryl/α,β-unsaturated/α-hetero) is 1. The number of ether oxygens (including phenoxy) is 1. The Morgan fingerprint density at radius 2 is 2.24 bits per heavy atom. The molecular weight excluding hydrogens is 266 g/mol. The highest BCUT2D eigenvalue weighted by molar-refractivity contribution is 6.06. The number of nitrogens with zero attached hydrogens (tertiary/aromatic N) is 1. The third kappa shape index (κ3) is 1.89. The molecule has 0 bridgehead atoms. The zero-order chi connectivity index (χ0) is 15.0. The number of allylic oxidation sites excluding steroid dienone is 1. The van der Waals surface area contributed by atoms with Crippen LogP contribution in [0.2, 0.25) is 0 Å². The van der Waals surface area contributed by atoms with E-state index in [0.29, 0.717) is 24.2 Å². The van der Waals surface area contributed by atoms with E-state index < -0.39 is 11.5 Å². The van der Waals surface area contributed by atoms with E-state index in [1.54, 1.807) is 18.2 Å². The fraction of sp³-hybridized carbons (Fsp3) is 0.412. The molecule has 4 heteroatoms. The van der Waals surface area contributed by atoms with Crippen LogP contribution in [0.4, 0.5) is 0 Å². The number of carbonyl (C=O) groups is 1. The average molecular weight is 283 g/mol. The number of ketones is 1. The van der Waals surface area contributed by atoms with E-state index in [2.05, 4.69) is 6.07 Å². The molecular formula is C17H17NO3. The van der Waals surface area contributed by atoms with Crippen LogP contribution in [0, 0.1) is 22.7 Å². The van der Waals surface area contributed by atoms with Crippen molar-refractivity contribution in [2.45, 2.75) is 25.9 Å². The lowest BCUT2D eigenvalue weighted by molar-refractivity contribution is 0.0226. The third-order valence-electron chi connectivity index (χ3n) is 4.49. The number of fused-ring (bicyclic) bond motifs is 2. The summed E-state index contributed by atoms with van der Waals surface area (Å²) in [4.78, 5) is 13.0. The van der Waals surface area contributed by atoms with E-state index >= 15 is 0 Å². The van der Waals surface area contributed by atoms with Crippen molar-refractivity contribution in [3.63, 3.8) is 0 Å². The van der Waals surface area contributed by atoms with Gasteiger partial charge in [0.05, 0.1) is 11.6 Å². The number of hydrogen-bond acceptors (Lipinski definition) is 4. The Labute approximate surface area is 123 Å². The normalized spacial score (nSPS) is 30.5. The summed E-state index contributed by atoms with van der Waals surface area (Å²) in [5.74, 6) is 0.0574. The van der Waals surface area contributed by atoms with Crippen molar-refractivity contribution in [1.29, 1.82) is 5.26 Å². The van der Waals surface area contributed by atoms with Crippen molar-refractivity contribution >= 4 is 5.78 Å². The van der Waals surface area contributed by atoms with Gasteiger partial charge in [-0.2, -0.15) is 5.26 Å². The number of benzene rings is 1. The maximum absolute atomic E-state index is 13.0. The number of aliphatic hydroxyl groups is 1. The topological polar surface area (TPSA) is 70.3 Å². The van der Waals surface area contributed by atoms with Gasteiger partial charge >= 0.3 is 0 Å². The molecule has 1 heterocycles. The van der Waals surface area contributed by atoms with Gasteiger partial charge in [0.1, 0.15) is 11.9 Å². The first kappa shape index (κ1) is 13.8. The number of aliphatic hydroxyl groups excluding tert-OH is 1. The molecule has 3 atom stereocenters. The van der Waals surface area contributed by atoms with E-state index in [9.17, 15) is 15.2 Å². The van der Waals surface area contributed by atoms with Crippen LogP contribution in [0.15, 0.2) is 35.9 Å². The van der Waals surface area contributed by atoms with Crippen LogP contribution in [0.3, 0.4) is 0 Å². The zero-order valence-corrected chi connectivity index (χ0v) is 11.9. The van der Waals surface area contributed by atoms with E-state index in [1.165, 1.54) is 0 Å². The minimum absolute atomic E-state index is 0.0560. The van der Waals surface area contributed by atoms with E-state index in [4.69, 9.17) is 4.74 Å². The predicted octanol–water partition coefficient (Wildman–Crippen LogP) is 2.49. The molecule has 0 unspecified atom stereocenters.